The van der Waals surface area contributed by atoms with E-state index in [-0.39, 0.29) is 11.8 Å². The summed E-state index contributed by atoms with van der Waals surface area (Å²) in [5.41, 5.74) is 4.31. The number of hydrogen-bond acceptors (Lipinski definition) is 2. The van der Waals surface area contributed by atoms with Crippen molar-refractivity contribution in [2.24, 2.45) is 5.92 Å². The molecule has 0 fully saturated rings. The third-order valence-corrected chi connectivity index (χ3v) is 7.76. The van der Waals surface area contributed by atoms with E-state index in [1.54, 1.807) is 12.1 Å². The summed E-state index contributed by atoms with van der Waals surface area (Å²) in [4.78, 5) is 0.406. The summed E-state index contributed by atoms with van der Waals surface area (Å²) >= 11 is 0. The first-order chi connectivity index (χ1) is 12.5. The second kappa shape index (κ2) is 6.40. The van der Waals surface area contributed by atoms with Gasteiger partial charge in [0, 0.05) is 5.92 Å². The zero-order chi connectivity index (χ0) is 18.3. The van der Waals surface area contributed by atoms with Gasteiger partial charge in [-0.1, -0.05) is 79.2 Å². The van der Waals surface area contributed by atoms with Crippen molar-refractivity contribution in [2.45, 2.75) is 29.9 Å². The number of aryl methyl sites for hydroxylation is 1. The minimum absolute atomic E-state index is 0.0268. The standard InChI is InChI=1S/C23H22O2S/c1-16-12-14-19(15-13-16)26(24,25)23-17(2)22(18-8-4-3-5-9-18)20-10-6-7-11-21(20)23/h3-15,17,22-23H,1-2H3/t17-,22+,23+/m0/s1. The Hall–Kier alpha value is -2.39. The SMILES string of the molecule is Cc1ccc(S(=O)(=O)[C@H]2c3ccccc3[C@@H](c3ccccc3)[C@@H]2C)cc1. The monoisotopic (exact) mass is 362 g/mol. The Bertz CT molecular complexity index is 1020. The Balaban J connectivity index is 1.86. The summed E-state index contributed by atoms with van der Waals surface area (Å²) in [6.45, 7) is 4.03. The van der Waals surface area contributed by atoms with Crippen LogP contribution < -0.4 is 0 Å². The highest BCUT2D eigenvalue weighted by Crippen LogP contribution is 2.53. The lowest BCUT2D eigenvalue weighted by Crippen LogP contribution is -2.19. The zero-order valence-electron chi connectivity index (χ0n) is 15.0. The number of fused-ring (bicyclic) bond motifs is 1. The molecule has 0 aromatic heterocycles. The van der Waals surface area contributed by atoms with Crippen molar-refractivity contribution in [1.29, 1.82) is 0 Å². The third-order valence-electron chi connectivity index (χ3n) is 5.48. The molecular formula is C23H22O2S. The first kappa shape index (κ1) is 17.0. The van der Waals surface area contributed by atoms with E-state index in [2.05, 4.69) is 25.1 Å². The minimum Gasteiger partial charge on any atom is -0.223 e. The second-order valence-electron chi connectivity index (χ2n) is 7.16. The lowest BCUT2D eigenvalue weighted by Gasteiger charge is -2.22. The predicted octanol–water partition coefficient (Wildman–Crippen LogP) is 5.29. The number of benzene rings is 3. The molecular weight excluding hydrogens is 340 g/mol. The van der Waals surface area contributed by atoms with Crippen LogP contribution in [0, 0.1) is 12.8 Å². The Morgan fingerprint density at radius 1 is 0.731 bits per heavy atom. The van der Waals surface area contributed by atoms with E-state index in [1.807, 2.05) is 55.5 Å². The van der Waals surface area contributed by atoms with Gasteiger partial charge in [0.25, 0.3) is 0 Å². The molecule has 1 aliphatic rings. The van der Waals surface area contributed by atoms with Gasteiger partial charge >= 0.3 is 0 Å². The summed E-state index contributed by atoms with van der Waals surface area (Å²) in [6.07, 6.45) is 0. The Kier molecular flexibility index (Phi) is 4.20. The average Bonchev–Trinajstić information content (AvgIpc) is 2.95. The van der Waals surface area contributed by atoms with Crippen LogP contribution in [0.5, 0.6) is 0 Å². The maximum absolute atomic E-state index is 13.5. The molecule has 0 saturated heterocycles. The molecule has 0 aliphatic heterocycles. The van der Waals surface area contributed by atoms with Gasteiger partial charge in [0.15, 0.2) is 9.84 Å². The highest BCUT2D eigenvalue weighted by atomic mass is 32.2. The molecule has 3 atom stereocenters. The van der Waals surface area contributed by atoms with E-state index in [4.69, 9.17) is 0 Å². The van der Waals surface area contributed by atoms with E-state index < -0.39 is 15.1 Å². The van der Waals surface area contributed by atoms with Crippen molar-refractivity contribution in [2.75, 3.05) is 0 Å². The van der Waals surface area contributed by atoms with Crippen LogP contribution in [-0.2, 0) is 9.84 Å². The predicted molar refractivity (Wildman–Crippen MR) is 105 cm³/mol. The van der Waals surface area contributed by atoms with Gasteiger partial charge in [-0.25, -0.2) is 8.42 Å². The minimum atomic E-state index is -3.46. The molecule has 0 N–H and O–H groups in total. The normalized spacial score (nSPS) is 22.2. The van der Waals surface area contributed by atoms with Crippen LogP contribution in [0.15, 0.2) is 83.8 Å². The van der Waals surface area contributed by atoms with Crippen LogP contribution in [0.3, 0.4) is 0 Å². The molecule has 3 aromatic carbocycles. The van der Waals surface area contributed by atoms with Crippen molar-refractivity contribution in [3.63, 3.8) is 0 Å². The van der Waals surface area contributed by atoms with Gasteiger partial charge in [-0.15, -0.1) is 0 Å². The summed E-state index contributed by atoms with van der Waals surface area (Å²) in [5.74, 6) is 0.0683. The van der Waals surface area contributed by atoms with Crippen LogP contribution in [0.1, 0.15) is 40.3 Å². The van der Waals surface area contributed by atoms with Crippen molar-refractivity contribution >= 4 is 9.84 Å². The van der Waals surface area contributed by atoms with Gasteiger partial charge in [-0.2, -0.15) is 0 Å². The van der Waals surface area contributed by atoms with Crippen molar-refractivity contribution in [3.8, 4) is 0 Å². The lowest BCUT2D eigenvalue weighted by molar-refractivity contribution is 0.507. The van der Waals surface area contributed by atoms with Gasteiger partial charge < -0.3 is 0 Å². The number of sulfone groups is 1. The van der Waals surface area contributed by atoms with Gasteiger partial charge in [0.05, 0.1) is 10.1 Å². The summed E-state index contributed by atoms with van der Waals surface area (Å²) in [5, 5.41) is -0.522. The van der Waals surface area contributed by atoms with Crippen LogP contribution >= 0.6 is 0 Å². The van der Waals surface area contributed by atoms with Gasteiger partial charge in [-0.3, -0.25) is 0 Å². The fraction of sp³-hybridized carbons (Fsp3) is 0.217. The Labute approximate surface area is 155 Å². The third kappa shape index (κ3) is 2.67. The van der Waals surface area contributed by atoms with Crippen molar-refractivity contribution in [3.05, 3.63) is 101 Å². The quantitative estimate of drug-likeness (QED) is 0.634. The van der Waals surface area contributed by atoms with Crippen LogP contribution in [0.2, 0.25) is 0 Å². The molecule has 0 unspecified atom stereocenters. The largest absolute Gasteiger partial charge is 0.223 e. The second-order valence-corrected chi connectivity index (χ2v) is 9.22. The van der Waals surface area contributed by atoms with Gasteiger partial charge in [0.1, 0.15) is 0 Å². The number of rotatable bonds is 3. The summed E-state index contributed by atoms with van der Waals surface area (Å²) in [6, 6.07) is 25.4. The molecule has 3 heteroatoms. The van der Waals surface area contributed by atoms with Crippen LogP contribution in [0.4, 0.5) is 0 Å². The zero-order valence-corrected chi connectivity index (χ0v) is 15.8. The highest BCUT2D eigenvalue weighted by molar-refractivity contribution is 7.91. The Morgan fingerprint density at radius 3 is 1.96 bits per heavy atom. The fourth-order valence-corrected chi connectivity index (χ4v) is 6.34. The highest BCUT2D eigenvalue weighted by Gasteiger charge is 2.45. The maximum atomic E-state index is 13.5. The molecule has 0 amide bonds. The van der Waals surface area contributed by atoms with Gasteiger partial charge in [0.2, 0.25) is 0 Å². The topological polar surface area (TPSA) is 34.1 Å². The van der Waals surface area contributed by atoms with Gasteiger partial charge in [-0.05, 0) is 41.7 Å². The summed E-state index contributed by atoms with van der Waals surface area (Å²) in [7, 11) is -3.46. The fourth-order valence-electron chi connectivity index (χ4n) is 4.26. The molecule has 1 aliphatic carbocycles. The Morgan fingerprint density at radius 2 is 1.31 bits per heavy atom. The van der Waals surface area contributed by atoms with E-state index in [0.717, 1.165) is 16.7 Å². The molecule has 0 spiro atoms. The van der Waals surface area contributed by atoms with Crippen LogP contribution in [0.25, 0.3) is 0 Å². The van der Waals surface area contributed by atoms with Crippen molar-refractivity contribution in [1.82, 2.24) is 0 Å². The van der Waals surface area contributed by atoms with E-state index >= 15 is 0 Å². The molecule has 0 saturated carbocycles. The molecule has 26 heavy (non-hydrogen) atoms. The molecule has 4 rings (SSSR count). The first-order valence-corrected chi connectivity index (χ1v) is 10.5. The molecule has 132 valence electrons. The van der Waals surface area contributed by atoms with Crippen LogP contribution in [-0.4, -0.2) is 8.42 Å². The average molecular weight is 362 g/mol. The summed E-state index contributed by atoms with van der Waals surface area (Å²) < 4.78 is 27.0. The lowest BCUT2D eigenvalue weighted by atomic mass is 9.87. The molecule has 0 radical (unpaired) electrons. The molecule has 0 bridgehead atoms. The first-order valence-electron chi connectivity index (χ1n) is 8.94. The van der Waals surface area contributed by atoms with E-state index in [0.29, 0.717) is 4.90 Å². The van der Waals surface area contributed by atoms with E-state index in [9.17, 15) is 8.42 Å². The molecule has 2 nitrogen and oxygen atoms in total. The van der Waals surface area contributed by atoms with E-state index in [1.165, 1.54) is 5.56 Å². The maximum Gasteiger partial charge on any atom is 0.185 e. The molecule has 3 aromatic rings. The smallest absolute Gasteiger partial charge is 0.185 e. The molecule has 0 heterocycles. The van der Waals surface area contributed by atoms with Crippen molar-refractivity contribution < 1.29 is 8.42 Å². The number of hydrogen-bond donors (Lipinski definition) is 0.